The van der Waals surface area contributed by atoms with Crippen molar-refractivity contribution >= 4 is 5.82 Å². The van der Waals surface area contributed by atoms with Crippen LogP contribution >= 0.6 is 0 Å². The van der Waals surface area contributed by atoms with Crippen molar-refractivity contribution in [3.8, 4) is 5.88 Å². The van der Waals surface area contributed by atoms with Gasteiger partial charge in [-0.2, -0.15) is 0 Å². The average Bonchev–Trinajstić information content (AvgIpc) is 2.67. The van der Waals surface area contributed by atoms with Crippen molar-refractivity contribution < 1.29 is 4.74 Å². The van der Waals surface area contributed by atoms with Crippen LogP contribution in [0.4, 0.5) is 5.82 Å². The molecule has 0 radical (unpaired) electrons. The fourth-order valence-electron chi connectivity index (χ4n) is 3.73. The highest BCUT2D eigenvalue weighted by Gasteiger charge is 2.25. The first kappa shape index (κ1) is 15.3. The van der Waals surface area contributed by atoms with Gasteiger partial charge in [-0.25, -0.2) is 15.0 Å². The first-order chi connectivity index (χ1) is 11.9. The summed E-state index contributed by atoms with van der Waals surface area (Å²) in [6, 6.07) is 0. The highest BCUT2D eigenvalue weighted by Crippen LogP contribution is 2.30. The third kappa shape index (κ3) is 3.32. The molecular formula is C18H23N5O. The standard InChI is InChI=1S/C18H23N5O/c1-2-6-16-15(5-1)18(22-13-21-16)23-9-3-4-14(11-23)12-24-17-10-19-7-8-20-17/h7-8,10,13-14H,1-6,9,11-12H2. The van der Waals surface area contributed by atoms with E-state index in [1.807, 2.05) is 0 Å². The van der Waals surface area contributed by atoms with E-state index in [0.29, 0.717) is 18.4 Å². The number of rotatable bonds is 4. The fourth-order valence-corrected chi connectivity index (χ4v) is 3.73. The van der Waals surface area contributed by atoms with Crippen LogP contribution in [-0.2, 0) is 12.8 Å². The van der Waals surface area contributed by atoms with Gasteiger partial charge in [0.05, 0.1) is 12.8 Å². The van der Waals surface area contributed by atoms with E-state index in [1.54, 1.807) is 24.9 Å². The fraction of sp³-hybridized carbons (Fsp3) is 0.556. The Kier molecular flexibility index (Phi) is 4.53. The summed E-state index contributed by atoms with van der Waals surface area (Å²) in [6.07, 6.45) is 13.8. The van der Waals surface area contributed by atoms with E-state index < -0.39 is 0 Å². The van der Waals surface area contributed by atoms with Gasteiger partial charge >= 0.3 is 0 Å². The van der Waals surface area contributed by atoms with Crippen molar-refractivity contribution in [3.05, 3.63) is 36.2 Å². The zero-order valence-electron chi connectivity index (χ0n) is 13.9. The van der Waals surface area contributed by atoms with Gasteiger partial charge in [0.25, 0.3) is 0 Å². The molecule has 1 unspecified atom stereocenters. The molecule has 2 aliphatic rings. The predicted octanol–water partition coefficient (Wildman–Crippen LogP) is 2.44. The second-order valence-corrected chi connectivity index (χ2v) is 6.64. The summed E-state index contributed by atoms with van der Waals surface area (Å²) >= 11 is 0. The van der Waals surface area contributed by atoms with Gasteiger partial charge in [0.2, 0.25) is 5.88 Å². The van der Waals surface area contributed by atoms with Gasteiger partial charge in [0.1, 0.15) is 12.1 Å². The van der Waals surface area contributed by atoms with Crippen molar-refractivity contribution in [1.82, 2.24) is 19.9 Å². The highest BCUT2D eigenvalue weighted by atomic mass is 16.5. The molecule has 6 nitrogen and oxygen atoms in total. The van der Waals surface area contributed by atoms with Gasteiger partial charge in [-0.05, 0) is 38.5 Å². The van der Waals surface area contributed by atoms with Crippen LogP contribution in [0.25, 0.3) is 0 Å². The summed E-state index contributed by atoms with van der Waals surface area (Å²) in [5, 5.41) is 0. The van der Waals surface area contributed by atoms with Crippen molar-refractivity contribution in [2.45, 2.75) is 38.5 Å². The summed E-state index contributed by atoms with van der Waals surface area (Å²) in [5.74, 6) is 2.26. The number of fused-ring (bicyclic) bond motifs is 1. The smallest absolute Gasteiger partial charge is 0.232 e. The van der Waals surface area contributed by atoms with Crippen LogP contribution in [0.2, 0.25) is 0 Å². The maximum absolute atomic E-state index is 5.81. The van der Waals surface area contributed by atoms with E-state index in [2.05, 4.69) is 24.8 Å². The summed E-state index contributed by atoms with van der Waals surface area (Å²) in [7, 11) is 0. The molecule has 4 rings (SSSR count). The van der Waals surface area contributed by atoms with Crippen LogP contribution in [0.1, 0.15) is 36.9 Å². The van der Waals surface area contributed by atoms with Gasteiger partial charge in [0.15, 0.2) is 0 Å². The molecule has 1 aliphatic heterocycles. The number of anilines is 1. The Hall–Kier alpha value is -2.24. The molecule has 3 heterocycles. The minimum atomic E-state index is 0.495. The van der Waals surface area contributed by atoms with Gasteiger partial charge in [-0.3, -0.25) is 4.98 Å². The zero-order chi connectivity index (χ0) is 16.2. The van der Waals surface area contributed by atoms with E-state index in [-0.39, 0.29) is 0 Å². The van der Waals surface area contributed by atoms with E-state index in [1.165, 1.54) is 36.9 Å². The topological polar surface area (TPSA) is 64.0 Å². The van der Waals surface area contributed by atoms with Crippen LogP contribution in [0.3, 0.4) is 0 Å². The van der Waals surface area contributed by atoms with Gasteiger partial charge in [-0.15, -0.1) is 0 Å². The van der Waals surface area contributed by atoms with Gasteiger partial charge < -0.3 is 9.64 Å². The second-order valence-electron chi connectivity index (χ2n) is 6.64. The highest BCUT2D eigenvalue weighted by molar-refractivity contribution is 5.50. The first-order valence-corrected chi connectivity index (χ1v) is 8.86. The molecule has 2 aromatic heterocycles. The third-order valence-electron chi connectivity index (χ3n) is 4.93. The molecule has 1 saturated heterocycles. The number of ether oxygens (including phenoxy) is 1. The van der Waals surface area contributed by atoms with Crippen molar-refractivity contribution in [3.63, 3.8) is 0 Å². The molecule has 0 aromatic carbocycles. The van der Waals surface area contributed by atoms with E-state index in [0.717, 1.165) is 31.7 Å². The monoisotopic (exact) mass is 325 g/mol. The lowest BCUT2D eigenvalue weighted by Gasteiger charge is -2.35. The Morgan fingerprint density at radius 3 is 2.96 bits per heavy atom. The van der Waals surface area contributed by atoms with Crippen molar-refractivity contribution in [2.24, 2.45) is 5.92 Å². The Labute approximate surface area is 142 Å². The molecule has 126 valence electrons. The summed E-state index contributed by atoms with van der Waals surface area (Å²) < 4.78 is 5.81. The minimum Gasteiger partial charge on any atom is -0.476 e. The largest absolute Gasteiger partial charge is 0.476 e. The number of nitrogens with zero attached hydrogens (tertiary/aromatic N) is 5. The second kappa shape index (κ2) is 7.11. The average molecular weight is 325 g/mol. The Bertz CT molecular complexity index is 678. The van der Waals surface area contributed by atoms with Crippen LogP contribution in [-0.4, -0.2) is 39.6 Å². The molecule has 1 fully saturated rings. The molecule has 0 N–H and O–H groups in total. The number of piperidine rings is 1. The van der Waals surface area contributed by atoms with Crippen LogP contribution in [0, 0.1) is 5.92 Å². The number of hydrogen-bond acceptors (Lipinski definition) is 6. The Morgan fingerprint density at radius 1 is 1.08 bits per heavy atom. The summed E-state index contributed by atoms with van der Waals surface area (Å²) in [6.45, 7) is 2.75. The van der Waals surface area contributed by atoms with E-state index in [4.69, 9.17) is 4.74 Å². The summed E-state index contributed by atoms with van der Waals surface area (Å²) in [4.78, 5) is 19.8. The number of aryl methyl sites for hydroxylation is 1. The molecule has 24 heavy (non-hydrogen) atoms. The van der Waals surface area contributed by atoms with Crippen LogP contribution in [0.15, 0.2) is 24.9 Å². The Morgan fingerprint density at radius 2 is 2.04 bits per heavy atom. The molecule has 1 atom stereocenters. The van der Waals surface area contributed by atoms with Gasteiger partial charge in [-0.1, -0.05) is 0 Å². The number of hydrogen-bond donors (Lipinski definition) is 0. The van der Waals surface area contributed by atoms with Crippen molar-refractivity contribution in [1.29, 1.82) is 0 Å². The molecule has 0 bridgehead atoms. The Balaban J connectivity index is 1.43. The SMILES string of the molecule is c1cnc(OCC2CCCN(c3ncnc4c3CCCC4)C2)cn1. The molecule has 2 aromatic rings. The lowest BCUT2D eigenvalue weighted by Crippen LogP contribution is -2.39. The van der Waals surface area contributed by atoms with E-state index >= 15 is 0 Å². The maximum Gasteiger partial charge on any atom is 0.232 e. The lowest BCUT2D eigenvalue weighted by atomic mass is 9.94. The summed E-state index contributed by atoms with van der Waals surface area (Å²) in [5.41, 5.74) is 2.63. The predicted molar refractivity (Wildman–Crippen MR) is 91.1 cm³/mol. The van der Waals surface area contributed by atoms with Crippen LogP contribution < -0.4 is 9.64 Å². The minimum absolute atomic E-state index is 0.495. The maximum atomic E-state index is 5.81. The van der Waals surface area contributed by atoms with Crippen molar-refractivity contribution in [2.75, 3.05) is 24.6 Å². The first-order valence-electron chi connectivity index (χ1n) is 8.86. The molecule has 0 saturated carbocycles. The van der Waals surface area contributed by atoms with Crippen LogP contribution in [0.5, 0.6) is 5.88 Å². The lowest BCUT2D eigenvalue weighted by molar-refractivity contribution is 0.220. The number of aromatic nitrogens is 4. The molecular weight excluding hydrogens is 302 g/mol. The molecule has 0 amide bonds. The molecule has 1 aliphatic carbocycles. The van der Waals surface area contributed by atoms with E-state index in [9.17, 15) is 0 Å². The zero-order valence-corrected chi connectivity index (χ0v) is 13.9. The quantitative estimate of drug-likeness (QED) is 0.860. The molecule has 6 heteroatoms. The van der Waals surface area contributed by atoms with Gasteiger partial charge in [0, 0.05) is 42.7 Å². The normalized spacial score (nSPS) is 20.5. The molecule has 0 spiro atoms. The third-order valence-corrected chi connectivity index (χ3v) is 4.93.